The van der Waals surface area contributed by atoms with Crippen molar-refractivity contribution in [1.29, 1.82) is 5.26 Å². The number of carbonyl (C=O) groups excluding carboxylic acids is 1. The van der Waals surface area contributed by atoms with Crippen molar-refractivity contribution < 1.29 is 4.79 Å². The van der Waals surface area contributed by atoms with Crippen molar-refractivity contribution in [3.8, 4) is 6.07 Å². The van der Waals surface area contributed by atoms with Gasteiger partial charge in [-0.3, -0.25) is 4.79 Å². The summed E-state index contributed by atoms with van der Waals surface area (Å²) in [5, 5.41) is 9.21. The molecule has 0 aliphatic carbocycles. The van der Waals surface area contributed by atoms with E-state index in [9.17, 15) is 10.1 Å². The maximum Gasteiger partial charge on any atom is 0.223 e. The Labute approximate surface area is 112 Å². The average Bonchev–Trinajstić information content (AvgIpc) is 2.79. The van der Waals surface area contributed by atoms with Gasteiger partial charge >= 0.3 is 0 Å². The summed E-state index contributed by atoms with van der Waals surface area (Å²) in [5.41, 5.74) is 7.86. The topological polar surface area (TPSA) is 73.4 Å². The number of nitrogens with two attached hydrogens (primary N) is 1. The molecule has 2 N–H and O–H groups in total. The molecule has 2 aliphatic heterocycles. The molecule has 1 aromatic carbocycles. The molecule has 1 unspecified atom stereocenters. The van der Waals surface area contributed by atoms with Crippen LogP contribution in [0.2, 0.25) is 0 Å². The highest BCUT2D eigenvalue weighted by Gasteiger charge is 2.35. The van der Waals surface area contributed by atoms with Crippen LogP contribution in [0.4, 0.5) is 11.4 Å². The Morgan fingerprint density at radius 3 is 3.00 bits per heavy atom. The molecule has 5 nitrogen and oxygen atoms in total. The van der Waals surface area contributed by atoms with E-state index in [1.165, 1.54) is 0 Å². The zero-order chi connectivity index (χ0) is 13.4. The first-order chi connectivity index (χ1) is 9.19. The van der Waals surface area contributed by atoms with E-state index < -0.39 is 0 Å². The number of hydrogen-bond donors (Lipinski definition) is 1. The number of fused-ring (bicyclic) bond motifs is 1. The lowest BCUT2D eigenvalue weighted by atomic mass is 10.1. The molecule has 2 aliphatic rings. The number of amides is 1. The highest BCUT2D eigenvalue weighted by atomic mass is 16.2. The van der Waals surface area contributed by atoms with E-state index in [4.69, 9.17) is 5.73 Å². The lowest BCUT2D eigenvalue weighted by molar-refractivity contribution is -0.129. The van der Waals surface area contributed by atoms with Crippen molar-refractivity contribution in [3.63, 3.8) is 0 Å². The van der Waals surface area contributed by atoms with Gasteiger partial charge in [-0.05, 0) is 24.6 Å². The highest BCUT2D eigenvalue weighted by molar-refractivity contribution is 5.79. The number of benzene rings is 1. The number of nitrogens with zero attached hydrogens (tertiary/aromatic N) is 3. The van der Waals surface area contributed by atoms with Gasteiger partial charge in [-0.1, -0.05) is 0 Å². The maximum absolute atomic E-state index is 11.7. The Morgan fingerprint density at radius 2 is 2.21 bits per heavy atom. The summed E-state index contributed by atoms with van der Waals surface area (Å²) >= 11 is 0. The fourth-order valence-corrected chi connectivity index (χ4v) is 3.00. The fourth-order valence-electron chi connectivity index (χ4n) is 3.00. The van der Waals surface area contributed by atoms with Crippen LogP contribution in [0.3, 0.4) is 0 Å². The summed E-state index contributed by atoms with van der Waals surface area (Å²) in [4.78, 5) is 15.8. The van der Waals surface area contributed by atoms with Crippen LogP contribution in [0, 0.1) is 11.3 Å². The first-order valence-corrected chi connectivity index (χ1v) is 6.53. The second-order valence-corrected chi connectivity index (χ2v) is 5.11. The zero-order valence-corrected chi connectivity index (χ0v) is 10.7. The Kier molecular flexibility index (Phi) is 2.79. The zero-order valence-electron chi connectivity index (χ0n) is 10.7. The molecule has 0 bridgehead atoms. The Morgan fingerprint density at radius 1 is 1.37 bits per heavy atom. The largest absolute Gasteiger partial charge is 0.399 e. The van der Waals surface area contributed by atoms with Gasteiger partial charge in [-0.2, -0.15) is 5.26 Å². The standard InChI is InChI=1S/C14H16N4O/c15-8-10-7-11(16)1-3-13(10)17-5-6-18-12(9-17)2-4-14(18)19/h1,3,7,12H,2,4-6,9,16H2. The Hall–Kier alpha value is -2.22. The first-order valence-electron chi connectivity index (χ1n) is 6.53. The monoisotopic (exact) mass is 256 g/mol. The first kappa shape index (κ1) is 11.8. The van der Waals surface area contributed by atoms with E-state index in [2.05, 4.69) is 11.0 Å². The van der Waals surface area contributed by atoms with Gasteiger partial charge in [-0.25, -0.2) is 0 Å². The molecule has 0 aromatic heterocycles. The molecule has 1 aromatic rings. The SMILES string of the molecule is N#Cc1cc(N)ccc1N1CCN2C(=O)CCC2C1. The van der Waals surface area contributed by atoms with Gasteiger partial charge in [0.15, 0.2) is 0 Å². The normalized spacial score (nSPS) is 22.3. The summed E-state index contributed by atoms with van der Waals surface area (Å²) in [6.45, 7) is 2.34. The summed E-state index contributed by atoms with van der Waals surface area (Å²) in [5.74, 6) is 0.266. The van der Waals surface area contributed by atoms with E-state index in [1.807, 2.05) is 17.0 Å². The number of anilines is 2. The molecular weight excluding hydrogens is 240 g/mol. The van der Waals surface area contributed by atoms with Gasteiger partial charge in [0, 0.05) is 37.8 Å². The van der Waals surface area contributed by atoms with E-state index in [-0.39, 0.29) is 5.91 Å². The average molecular weight is 256 g/mol. The molecule has 1 amide bonds. The van der Waals surface area contributed by atoms with Gasteiger partial charge in [0.2, 0.25) is 5.91 Å². The number of piperazine rings is 1. The van der Waals surface area contributed by atoms with Crippen molar-refractivity contribution >= 4 is 17.3 Å². The van der Waals surface area contributed by atoms with E-state index in [1.54, 1.807) is 6.07 Å². The third-order valence-corrected chi connectivity index (χ3v) is 3.98. The van der Waals surface area contributed by atoms with Gasteiger partial charge in [0.05, 0.1) is 11.3 Å². The molecule has 0 radical (unpaired) electrons. The van der Waals surface area contributed by atoms with Crippen LogP contribution < -0.4 is 10.6 Å². The lowest BCUT2D eigenvalue weighted by Gasteiger charge is -2.39. The van der Waals surface area contributed by atoms with Crippen molar-refractivity contribution in [3.05, 3.63) is 23.8 Å². The molecule has 3 rings (SSSR count). The fraction of sp³-hybridized carbons (Fsp3) is 0.429. The van der Waals surface area contributed by atoms with E-state index >= 15 is 0 Å². The molecule has 5 heteroatoms. The number of hydrogen-bond acceptors (Lipinski definition) is 4. The van der Waals surface area contributed by atoms with Gasteiger partial charge < -0.3 is 15.5 Å². The van der Waals surface area contributed by atoms with Gasteiger partial charge in [-0.15, -0.1) is 0 Å². The van der Waals surface area contributed by atoms with Gasteiger partial charge in [0.1, 0.15) is 6.07 Å². The van der Waals surface area contributed by atoms with Crippen LogP contribution in [0.15, 0.2) is 18.2 Å². The number of carbonyl (C=O) groups is 1. The van der Waals surface area contributed by atoms with Gasteiger partial charge in [0.25, 0.3) is 0 Å². The maximum atomic E-state index is 11.7. The minimum atomic E-state index is 0.266. The third kappa shape index (κ3) is 1.99. The quantitative estimate of drug-likeness (QED) is 0.759. The highest BCUT2D eigenvalue weighted by Crippen LogP contribution is 2.29. The third-order valence-electron chi connectivity index (χ3n) is 3.98. The second kappa shape index (κ2) is 4.47. The molecule has 1 atom stereocenters. The predicted molar refractivity (Wildman–Crippen MR) is 72.5 cm³/mol. The summed E-state index contributed by atoms with van der Waals surface area (Å²) < 4.78 is 0. The summed E-state index contributed by atoms with van der Waals surface area (Å²) in [6.07, 6.45) is 1.58. The number of nitriles is 1. The number of nitrogen functional groups attached to an aromatic ring is 1. The second-order valence-electron chi connectivity index (χ2n) is 5.11. The Bertz CT molecular complexity index is 563. The van der Waals surface area contributed by atoms with E-state index in [0.29, 0.717) is 23.7 Å². The van der Waals surface area contributed by atoms with Crippen LogP contribution in [-0.4, -0.2) is 36.5 Å². The molecule has 2 fully saturated rings. The Balaban J connectivity index is 1.85. The molecular formula is C14H16N4O. The van der Waals surface area contributed by atoms with Crippen LogP contribution in [0.25, 0.3) is 0 Å². The molecule has 0 saturated carbocycles. The van der Waals surface area contributed by atoms with Crippen molar-refractivity contribution in [2.45, 2.75) is 18.9 Å². The van der Waals surface area contributed by atoms with Crippen LogP contribution in [-0.2, 0) is 4.79 Å². The number of rotatable bonds is 1. The van der Waals surface area contributed by atoms with Crippen molar-refractivity contribution in [2.24, 2.45) is 0 Å². The van der Waals surface area contributed by atoms with Crippen molar-refractivity contribution in [1.82, 2.24) is 4.90 Å². The molecule has 19 heavy (non-hydrogen) atoms. The van der Waals surface area contributed by atoms with Crippen molar-refractivity contribution in [2.75, 3.05) is 30.3 Å². The smallest absolute Gasteiger partial charge is 0.223 e. The minimum absolute atomic E-state index is 0.266. The summed E-state index contributed by atoms with van der Waals surface area (Å²) in [6, 6.07) is 7.93. The van der Waals surface area contributed by atoms with Crippen LogP contribution in [0.1, 0.15) is 18.4 Å². The molecule has 0 spiro atoms. The molecule has 98 valence electrons. The lowest BCUT2D eigenvalue weighted by Crippen LogP contribution is -2.51. The summed E-state index contributed by atoms with van der Waals surface area (Å²) in [7, 11) is 0. The predicted octanol–water partition coefficient (Wildman–Crippen LogP) is 0.951. The van der Waals surface area contributed by atoms with E-state index in [0.717, 1.165) is 31.7 Å². The molecule has 2 saturated heterocycles. The molecule has 2 heterocycles. The van der Waals surface area contributed by atoms with Crippen LogP contribution >= 0.6 is 0 Å². The minimum Gasteiger partial charge on any atom is -0.399 e. The van der Waals surface area contributed by atoms with Crippen LogP contribution in [0.5, 0.6) is 0 Å².